The molecule has 0 spiro atoms. The number of nitrogens with zero attached hydrogens (tertiary/aromatic N) is 1. The lowest BCUT2D eigenvalue weighted by atomic mass is 10.1. The number of rotatable bonds is 2. The Labute approximate surface area is 115 Å². The highest BCUT2D eigenvalue weighted by atomic mass is 32.1. The Morgan fingerprint density at radius 1 is 1.28 bits per heavy atom. The summed E-state index contributed by atoms with van der Waals surface area (Å²) in [7, 11) is 2.04. The van der Waals surface area contributed by atoms with Crippen molar-refractivity contribution in [2.45, 2.75) is 45.6 Å². The lowest BCUT2D eigenvalue weighted by Gasteiger charge is -2.25. The summed E-state index contributed by atoms with van der Waals surface area (Å²) in [4.78, 5) is 2.09. The molecule has 1 aliphatic rings. The predicted octanol–water partition coefficient (Wildman–Crippen LogP) is 3.56. The van der Waals surface area contributed by atoms with Crippen molar-refractivity contribution in [1.82, 2.24) is 5.32 Å². The van der Waals surface area contributed by atoms with E-state index < -0.39 is 0 Å². The van der Waals surface area contributed by atoms with Gasteiger partial charge in [-0.2, -0.15) is 0 Å². The molecule has 1 aromatic rings. The average Bonchev–Trinajstić information content (AvgIpc) is 2.81. The highest BCUT2D eigenvalue weighted by Gasteiger charge is 2.18. The summed E-state index contributed by atoms with van der Waals surface area (Å²) in [6.07, 6.45) is 5.16. The Balaban J connectivity index is 2.05. The summed E-state index contributed by atoms with van der Waals surface area (Å²) in [5.74, 6) is 0. The molecule has 1 saturated carbocycles. The van der Waals surface area contributed by atoms with E-state index >= 15 is 0 Å². The number of aryl methyl sites for hydroxylation is 2. The number of benzene rings is 1. The summed E-state index contributed by atoms with van der Waals surface area (Å²) in [6.45, 7) is 4.25. The first-order valence-corrected chi connectivity index (χ1v) is 7.10. The number of anilines is 1. The first kappa shape index (κ1) is 13.3. The van der Waals surface area contributed by atoms with Crippen molar-refractivity contribution in [2.75, 3.05) is 11.9 Å². The van der Waals surface area contributed by atoms with Crippen molar-refractivity contribution in [3.05, 3.63) is 29.3 Å². The second-order valence-corrected chi connectivity index (χ2v) is 5.67. The Kier molecular flexibility index (Phi) is 4.23. The van der Waals surface area contributed by atoms with E-state index in [4.69, 9.17) is 12.2 Å². The van der Waals surface area contributed by atoms with Gasteiger partial charge in [-0.05, 0) is 50.5 Å². The molecule has 2 rings (SSSR count). The Morgan fingerprint density at radius 2 is 1.94 bits per heavy atom. The van der Waals surface area contributed by atoms with Crippen molar-refractivity contribution in [3.63, 3.8) is 0 Å². The van der Waals surface area contributed by atoms with Gasteiger partial charge >= 0.3 is 0 Å². The van der Waals surface area contributed by atoms with Gasteiger partial charge in [-0.3, -0.25) is 0 Å². The number of hydrogen-bond acceptors (Lipinski definition) is 1. The zero-order chi connectivity index (χ0) is 13.1. The molecule has 0 amide bonds. The van der Waals surface area contributed by atoms with Crippen LogP contribution in [-0.2, 0) is 0 Å². The van der Waals surface area contributed by atoms with Crippen LogP contribution < -0.4 is 10.2 Å². The Bertz CT molecular complexity index is 436. The molecule has 0 aromatic heterocycles. The monoisotopic (exact) mass is 262 g/mol. The topological polar surface area (TPSA) is 15.3 Å². The summed E-state index contributed by atoms with van der Waals surface area (Å²) in [5.41, 5.74) is 3.75. The largest absolute Gasteiger partial charge is 0.360 e. The van der Waals surface area contributed by atoms with Crippen LogP contribution in [0.5, 0.6) is 0 Å². The molecule has 0 atom stereocenters. The van der Waals surface area contributed by atoms with E-state index in [0.717, 1.165) is 5.11 Å². The van der Waals surface area contributed by atoms with Crippen LogP contribution in [0.2, 0.25) is 0 Å². The summed E-state index contributed by atoms with van der Waals surface area (Å²) in [5, 5.41) is 4.32. The van der Waals surface area contributed by atoms with Crippen molar-refractivity contribution >= 4 is 23.0 Å². The summed E-state index contributed by atoms with van der Waals surface area (Å²) >= 11 is 5.50. The maximum absolute atomic E-state index is 5.50. The maximum Gasteiger partial charge on any atom is 0.173 e. The van der Waals surface area contributed by atoms with Crippen molar-refractivity contribution in [3.8, 4) is 0 Å². The SMILES string of the molecule is Cc1ccc(N(C)C(=S)NC2CCCC2)c(C)c1. The molecule has 98 valence electrons. The lowest BCUT2D eigenvalue weighted by molar-refractivity contribution is 0.630. The third kappa shape index (κ3) is 3.02. The molecule has 1 N–H and O–H groups in total. The molecule has 3 heteroatoms. The first-order valence-electron chi connectivity index (χ1n) is 6.69. The molecule has 0 radical (unpaired) electrons. The maximum atomic E-state index is 5.50. The Hall–Kier alpha value is -1.09. The van der Waals surface area contributed by atoms with Gasteiger partial charge in [-0.15, -0.1) is 0 Å². The van der Waals surface area contributed by atoms with E-state index in [9.17, 15) is 0 Å². The standard InChI is InChI=1S/C15H22N2S/c1-11-8-9-14(12(2)10-11)17(3)15(18)16-13-6-4-5-7-13/h8-10,13H,4-7H2,1-3H3,(H,16,18). The van der Waals surface area contributed by atoms with Gasteiger partial charge in [0.1, 0.15) is 0 Å². The molecular weight excluding hydrogens is 240 g/mol. The number of nitrogens with one attached hydrogen (secondary N) is 1. The molecular formula is C15H22N2S. The number of hydrogen-bond donors (Lipinski definition) is 1. The van der Waals surface area contributed by atoms with E-state index in [-0.39, 0.29) is 0 Å². The second kappa shape index (κ2) is 5.70. The first-order chi connectivity index (χ1) is 8.58. The summed E-state index contributed by atoms with van der Waals surface area (Å²) < 4.78 is 0. The van der Waals surface area contributed by atoms with Gasteiger partial charge in [-0.1, -0.05) is 30.5 Å². The minimum Gasteiger partial charge on any atom is -0.360 e. The van der Waals surface area contributed by atoms with Gasteiger partial charge in [-0.25, -0.2) is 0 Å². The fraction of sp³-hybridized carbons (Fsp3) is 0.533. The third-order valence-corrected chi connectivity index (χ3v) is 4.09. The van der Waals surface area contributed by atoms with Crippen LogP contribution in [0, 0.1) is 13.8 Å². The van der Waals surface area contributed by atoms with Gasteiger partial charge in [0, 0.05) is 18.8 Å². The van der Waals surface area contributed by atoms with Crippen LogP contribution >= 0.6 is 12.2 Å². The molecule has 18 heavy (non-hydrogen) atoms. The molecule has 1 aliphatic carbocycles. The van der Waals surface area contributed by atoms with Gasteiger partial charge in [0.25, 0.3) is 0 Å². The van der Waals surface area contributed by atoms with Crippen LogP contribution in [0.3, 0.4) is 0 Å². The molecule has 0 saturated heterocycles. The molecule has 2 nitrogen and oxygen atoms in total. The van der Waals surface area contributed by atoms with Crippen LogP contribution in [0.4, 0.5) is 5.69 Å². The average molecular weight is 262 g/mol. The predicted molar refractivity (Wildman–Crippen MR) is 82.3 cm³/mol. The quantitative estimate of drug-likeness (QED) is 0.821. The fourth-order valence-electron chi connectivity index (χ4n) is 2.63. The zero-order valence-corrected chi connectivity index (χ0v) is 12.3. The number of thiocarbonyl (C=S) groups is 1. The molecule has 1 fully saturated rings. The fourth-order valence-corrected chi connectivity index (χ4v) is 2.90. The highest BCUT2D eigenvalue weighted by molar-refractivity contribution is 7.80. The smallest absolute Gasteiger partial charge is 0.173 e. The van der Waals surface area contributed by atoms with Crippen molar-refractivity contribution in [2.24, 2.45) is 0 Å². The van der Waals surface area contributed by atoms with Gasteiger partial charge in [0.05, 0.1) is 0 Å². The third-order valence-electron chi connectivity index (χ3n) is 3.70. The summed E-state index contributed by atoms with van der Waals surface area (Å²) in [6, 6.07) is 7.06. The van der Waals surface area contributed by atoms with Crippen molar-refractivity contribution < 1.29 is 0 Å². The zero-order valence-electron chi connectivity index (χ0n) is 11.5. The van der Waals surface area contributed by atoms with Crippen LogP contribution in [-0.4, -0.2) is 18.2 Å². The van der Waals surface area contributed by atoms with E-state index in [0.29, 0.717) is 6.04 Å². The van der Waals surface area contributed by atoms with Crippen LogP contribution in [0.15, 0.2) is 18.2 Å². The van der Waals surface area contributed by atoms with E-state index in [1.165, 1.54) is 42.5 Å². The molecule has 1 aromatic carbocycles. The minimum absolute atomic E-state index is 0.575. The van der Waals surface area contributed by atoms with Gasteiger partial charge in [0.2, 0.25) is 0 Å². The van der Waals surface area contributed by atoms with Crippen LogP contribution in [0.1, 0.15) is 36.8 Å². The highest BCUT2D eigenvalue weighted by Crippen LogP contribution is 2.22. The van der Waals surface area contributed by atoms with Gasteiger partial charge < -0.3 is 10.2 Å². The molecule has 0 aliphatic heterocycles. The molecule has 0 unspecified atom stereocenters. The second-order valence-electron chi connectivity index (χ2n) is 5.28. The Morgan fingerprint density at radius 3 is 2.56 bits per heavy atom. The van der Waals surface area contributed by atoms with E-state index in [1.54, 1.807) is 0 Å². The molecule has 0 bridgehead atoms. The normalized spacial score (nSPS) is 15.7. The van der Waals surface area contributed by atoms with Crippen LogP contribution in [0.25, 0.3) is 0 Å². The van der Waals surface area contributed by atoms with Crippen molar-refractivity contribution in [1.29, 1.82) is 0 Å². The molecule has 0 heterocycles. The van der Waals surface area contributed by atoms with E-state index in [1.807, 2.05) is 7.05 Å². The van der Waals surface area contributed by atoms with E-state index in [2.05, 4.69) is 42.3 Å². The van der Waals surface area contributed by atoms with Gasteiger partial charge in [0.15, 0.2) is 5.11 Å². The minimum atomic E-state index is 0.575. The lowest BCUT2D eigenvalue weighted by Crippen LogP contribution is -2.42.